The van der Waals surface area contributed by atoms with Crippen LogP contribution in [-0.2, 0) is 6.54 Å². The van der Waals surface area contributed by atoms with Crippen LogP contribution < -0.4 is 14.8 Å². The van der Waals surface area contributed by atoms with E-state index in [9.17, 15) is 0 Å². The molecule has 1 aromatic carbocycles. The van der Waals surface area contributed by atoms with Crippen molar-refractivity contribution in [1.29, 1.82) is 0 Å². The third kappa shape index (κ3) is 3.39. The molecule has 3 rings (SSSR count). The average Bonchev–Trinajstić information content (AvgIpc) is 2.80. The summed E-state index contributed by atoms with van der Waals surface area (Å²) in [6.07, 6.45) is 2.19. The van der Waals surface area contributed by atoms with Crippen molar-refractivity contribution >= 4 is 0 Å². The lowest BCUT2D eigenvalue weighted by molar-refractivity contribution is 0.283. The summed E-state index contributed by atoms with van der Waals surface area (Å²) in [5, 5.41) is 3.43. The number of nitrogens with zero attached hydrogens (tertiary/aromatic N) is 1. The molecule has 4 nitrogen and oxygen atoms in total. The fourth-order valence-corrected chi connectivity index (χ4v) is 2.62. The molecule has 0 bridgehead atoms. The Morgan fingerprint density at radius 2 is 1.89 bits per heavy atom. The van der Waals surface area contributed by atoms with Crippen molar-refractivity contribution in [3.05, 3.63) is 23.8 Å². The summed E-state index contributed by atoms with van der Waals surface area (Å²) in [5.41, 5.74) is 1.31. The van der Waals surface area contributed by atoms with Gasteiger partial charge in [0.15, 0.2) is 11.5 Å². The summed E-state index contributed by atoms with van der Waals surface area (Å²) in [6.45, 7) is 7.02. The van der Waals surface area contributed by atoms with Crippen LogP contribution in [-0.4, -0.2) is 44.3 Å². The number of fused-ring (bicyclic) bond motifs is 1. The Labute approximate surface area is 114 Å². The van der Waals surface area contributed by atoms with Crippen molar-refractivity contribution in [3.63, 3.8) is 0 Å². The summed E-state index contributed by atoms with van der Waals surface area (Å²) >= 11 is 0. The molecule has 0 radical (unpaired) electrons. The molecule has 1 saturated heterocycles. The van der Waals surface area contributed by atoms with Crippen molar-refractivity contribution < 1.29 is 9.47 Å². The summed E-state index contributed by atoms with van der Waals surface area (Å²) in [4.78, 5) is 2.50. The minimum absolute atomic E-state index is 0.754. The van der Waals surface area contributed by atoms with Gasteiger partial charge in [-0.05, 0) is 37.2 Å². The molecule has 0 aromatic heterocycles. The molecule has 0 amide bonds. The zero-order valence-electron chi connectivity index (χ0n) is 11.4. The van der Waals surface area contributed by atoms with Gasteiger partial charge in [-0.2, -0.15) is 0 Å². The number of nitrogens with one attached hydrogen (secondary N) is 1. The highest BCUT2D eigenvalue weighted by Gasteiger charge is 2.13. The van der Waals surface area contributed by atoms with Crippen LogP contribution in [0.1, 0.15) is 18.4 Å². The van der Waals surface area contributed by atoms with Gasteiger partial charge in [0.25, 0.3) is 0 Å². The summed E-state index contributed by atoms with van der Waals surface area (Å²) < 4.78 is 11.4. The monoisotopic (exact) mass is 262 g/mol. The van der Waals surface area contributed by atoms with Gasteiger partial charge in [-0.1, -0.05) is 6.07 Å². The van der Waals surface area contributed by atoms with Crippen LogP contribution in [0.5, 0.6) is 11.5 Å². The SMILES string of the molecule is c1cc2c(cc1CN1CCCNCC1)OCCCO2. The van der Waals surface area contributed by atoms with E-state index >= 15 is 0 Å². The van der Waals surface area contributed by atoms with E-state index in [0.717, 1.165) is 57.3 Å². The van der Waals surface area contributed by atoms with E-state index < -0.39 is 0 Å². The van der Waals surface area contributed by atoms with Gasteiger partial charge in [0.2, 0.25) is 0 Å². The first-order valence-corrected chi connectivity index (χ1v) is 7.23. The fraction of sp³-hybridized carbons (Fsp3) is 0.600. The van der Waals surface area contributed by atoms with E-state index in [2.05, 4.69) is 22.3 Å². The molecule has 4 heteroatoms. The average molecular weight is 262 g/mol. The van der Waals surface area contributed by atoms with Crippen molar-refractivity contribution in [2.45, 2.75) is 19.4 Å². The number of benzene rings is 1. The topological polar surface area (TPSA) is 33.7 Å². The Morgan fingerprint density at radius 1 is 1.00 bits per heavy atom. The minimum Gasteiger partial charge on any atom is -0.490 e. The largest absolute Gasteiger partial charge is 0.490 e. The maximum absolute atomic E-state index is 5.75. The molecule has 1 fully saturated rings. The normalized spacial score (nSPS) is 20.6. The zero-order chi connectivity index (χ0) is 12.9. The van der Waals surface area contributed by atoms with Crippen LogP contribution in [0.25, 0.3) is 0 Å². The van der Waals surface area contributed by atoms with E-state index in [0.29, 0.717) is 0 Å². The molecule has 2 aliphatic rings. The number of hydrogen-bond acceptors (Lipinski definition) is 4. The smallest absolute Gasteiger partial charge is 0.161 e. The second kappa shape index (κ2) is 6.26. The fourth-order valence-electron chi connectivity index (χ4n) is 2.62. The molecule has 19 heavy (non-hydrogen) atoms. The van der Waals surface area contributed by atoms with Crippen LogP contribution in [0.15, 0.2) is 18.2 Å². The van der Waals surface area contributed by atoms with E-state index in [1.807, 2.05) is 6.07 Å². The molecule has 0 saturated carbocycles. The van der Waals surface area contributed by atoms with Crippen LogP contribution >= 0.6 is 0 Å². The highest BCUT2D eigenvalue weighted by molar-refractivity contribution is 5.43. The van der Waals surface area contributed by atoms with Crippen molar-refractivity contribution in [2.24, 2.45) is 0 Å². The Kier molecular flexibility index (Phi) is 4.20. The lowest BCUT2D eigenvalue weighted by atomic mass is 10.2. The first-order valence-electron chi connectivity index (χ1n) is 7.23. The molecular weight excluding hydrogens is 240 g/mol. The first-order chi connectivity index (χ1) is 9.42. The highest BCUT2D eigenvalue weighted by atomic mass is 16.5. The van der Waals surface area contributed by atoms with Crippen LogP contribution in [0.4, 0.5) is 0 Å². The highest BCUT2D eigenvalue weighted by Crippen LogP contribution is 2.30. The molecule has 104 valence electrons. The van der Waals surface area contributed by atoms with E-state index in [1.165, 1.54) is 18.5 Å². The van der Waals surface area contributed by atoms with E-state index in [4.69, 9.17) is 9.47 Å². The summed E-state index contributed by atoms with van der Waals surface area (Å²) in [6, 6.07) is 6.34. The van der Waals surface area contributed by atoms with Gasteiger partial charge in [-0.25, -0.2) is 0 Å². The molecule has 0 spiro atoms. The Hall–Kier alpha value is -1.26. The van der Waals surface area contributed by atoms with Crippen LogP contribution in [0, 0.1) is 0 Å². The second-order valence-corrected chi connectivity index (χ2v) is 5.21. The standard InChI is InChI=1S/C15H22N2O2/c1-5-16-6-8-17(7-1)12-13-3-4-14-15(11-13)19-10-2-9-18-14/h3-4,11,16H,1-2,5-10,12H2. The van der Waals surface area contributed by atoms with Gasteiger partial charge in [0.05, 0.1) is 13.2 Å². The first kappa shape index (κ1) is 12.8. The molecule has 1 N–H and O–H groups in total. The lowest BCUT2D eigenvalue weighted by Gasteiger charge is -2.20. The van der Waals surface area contributed by atoms with Gasteiger partial charge < -0.3 is 14.8 Å². The lowest BCUT2D eigenvalue weighted by Crippen LogP contribution is -2.27. The van der Waals surface area contributed by atoms with Crippen LogP contribution in [0.2, 0.25) is 0 Å². The third-order valence-corrected chi connectivity index (χ3v) is 3.65. The van der Waals surface area contributed by atoms with Gasteiger partial charge in [-0.15, -0.1) is 0 Å². The molecule has 2 aliphatic heterocycles. The predicted octanol–water partition coefficient (Wildman–Crippen LogP) is 1.64. The van der Waals surface area contributed by atoms with Gasteiger partial charge >= 0.3 is 0 Å². The maximum Gasteiger partial charge on any atom is 0.161 e. The maximum atomic E-state index is 5.75. The molecular formula is C15H22N2O2. The third-order valence-electron chi connectivity index (χ3n) is 3.65. The molecule has 1 aromatic rings. The van der Waals surface area contributed by atoms with E-state index in [1.54, 1.807) is 0 Å². The van der Waals surface area contributed by atoms with E-state index in [-0.39, 0.29) is 0 Å². The number of rotatable bonds is 2. The van der Waals surface area contributed by atoms with Crippen molar-refractivity contribution in [3.8, 4) is 11.5 Å². The molecule has 2 heterocycles. The Morgan fingerprint density at radius 3 is 2.84 bits per heavy atom. The van der Waals surface area contributed by atoms with Crippen molar-refractivity contribution in [2.75, 3.05) is 39.4 Å². The quantitative estimate of drug-likeness (QED) is 0.878. The predicted molar refractivity (Wildman–Crippen MR) is 74.8 cm³/mol. The minimum atomic E-state index is 0.754. The summed E-state index contributed by atoms with van der Waals surface area (Å²) in [5.74, 6) is 1.79. The van der Waals surface area contributed by atoms with Crippen molar-refractivity contribution in [1.82, 2.24) is 10.2 Å². The zero-order valence-corrected chi connectivity index (χ0v) is 11.4. The molecule has 0 unspecified atom stereocenters. The molecule has 0 atom stereocenters. The van der Waals surface area contributed by atoms with Gasteiger partial charge in [0.1, 0.15) is 0 Å². The van der Waals surface area contributed by atoms with Gasteiger partial charge in [-0.3, -0.25) is 4.90 Å². The summed E-state index contributed by atoms with van der Waals surface area (Å²) in [7, 11) is 0. The Bertz CT molecular complexity index is 415. The molecule has 0 aliphatic carbocycles. The van der Waals surface area contributed by atoms with Gasteiger partial charge in [0, 0.05) is 26.1 Å². The second-order valence-electron chi connectivity index (χ2n) is 5.21. The number of ether oxygens (including phenoxy) is 2. The van der Waals surface area contributed by atoms with Crippen LogP contribution in [0.3, 0.4) is 0 Å². The Balaban J connectivity index is 1.68. The number of hydrogen-bond donors (Lipinski definition) is 1.